The third-order valence-corrected chi connectivity index (χ3v) is 3.01. The van der Waals surface area contributed by atoms with E-state index in [1.165, 1.54) is 5.56 Å². The molecule has 1 aromatic rings. The van der Waals surface area contributed by atoms with Gasteiger partial charge >= 0.3 is 0 Å². The molecule has 1 aromatic heterocycles. The maximum Gasteiger partial charge on any atom is 0.128 e. The van der Waals surface area contributed by atoms with Gasteiger partial charge in [-0.25, -0.2) is 4.98 Å². The second kappa shape index (κ2) is 6.90. The lowest BCUT2D eigenvalue weighted by atomic mass is 10.1. The van der Waals surface area contributed by atoms with Crippen LogP contribution in [0.4, 0.5) is 5.82 Å². The molecule has 3 nitrogen and oxygen atoms in total. The molecule has 3 heteroatoms. The highest BCUT2D eigenvalue weighted by Gasteiger charge is 2.11. The summed E-state index contributed by atoms with van der Waals surface area (Å²) in [6, 6.07) is 4.80. The fourth-order valence-corrected chi connectivity index (χ4v) is 1.94. The maximum absolute atomic E-state index is 4.61. The molecule has 0 aliphatic carbocycles. The SMILES string of the molecule is CCCN(c1ccc(CNC(C)(C)C)cn1)C(C)C. The number of aromatic nitrogens is 1. The van der Waals surface area contributed by atoms with Crippen LogP contribution in [0, 0.1) is 0 Å². The first-order valence-electron chi connectivity index (χ1n) is 7.30. The van der Waals surface area contributed by atoms with Gasteiger partial charge in [0, 0.05) is 30.9 Å². The minimum Gasteiger partial charge on any atom is -0.354 e. The van der Waals surface area contributed by atoms with Crippen molar-refractivity contribution in [2.24, 2.45) is 0 Å². The highest BCUT2D eigenvalue weighted by molar-refractivity contribution is 5.40. The molecule has 1 N–H and O–H groups in total. The topological polar surface area (TPSA) is 28.2 Å². The molecule has 108 valence electrons. The summed E-state index contributed by atoms with van der Waals surface area (Å²) in [7, 11) is 0. The van der Waals surface area contributed by atoms with Crippen LogP contribution in [-0.4, -0.2) is 23.1 Å². The van der Waals surface area contributed by atoms with Crippen LogP contribution in [-0.2, 0) is 6.54 Å². The Kier molecular flexibility index (Phi) is 5.80. The molecule has 0 spiro atoms. The number of nitrogens with one attached hydrogen (secondary N) is 1. The largest absolute Gasteiger partial charge is 0.354 e. The normalized spacial score (nSPS) is 11.9. The van der Waals surface area contributed by atoms with E-state index in [0.717, 1.165) is 25.3 Å². The lowest BCUT2D eigenvalue weighted by Gasteiger charge is -2.27. The van der Waals surface area contributed by atoms with Crippen molar-refractivity contribution in [3.63, 3.8) is 0 Å². The summed E-state index contributed by atoms with van der Waals surface area (Å²) in [5.74, 6) is 1.08. The lowest BCUT2D eigenvalue weighted by molar-refractivity contribution is 0.424. The van der Waals surface area contributed by atoms with Gasteiger partial charge in [-0.05, 0) is 52.7 Å². The first-order valence-corrected chi connectivity index (χ1v) is 7.30. The Balaban J connectivity index is 2.69. The van der Waals surface area contributed by atoms with Crippen LogP contribution < -0.4 is 10.2 Å². The summed E-state index contributed by atoms with van der Waals surface area (Å²) < 4.78 is 0. The Labute approximate surface area is 118 Å². The summed E-state index contributed by atoms with van der Waals surface area (Å²) in [5.41, 5.74) is 1.38. The molecule has 0 bridgehead atoms. The van der Waals surface area contributed by atoms with Crippen LogP contribution in [0.5, 0.6) is 0 Å². The molecular formula is C16H29N3. The van der Waals surface area contributed by atoms with Crippen LogP contribution in [0.3, 0.4) is 0 Å². The van der Waals surface area contributed by atoms with E-state index in [1.54, 1.807) is 0 Å². The number of rotatable bonds is 6. The number of hydrogen-bond donors (Lipinski definition) is 1. The van der Waals surface area contributed by atoms with E-state index in [2.05, 4.69) is 68.9 Å². The van der Waals surface area contributed by atoms with Gasteiger partial charge in [0.2, 0.25) is 0 Å². The average molecular weight is 263 g/mol. The van der Waals surface area contributed by atoms with E-state index >= 15 is 0 Å². The fourth-order valence-electron chi connectivity index (χ4n) is 1.94. The van der Waals surface area contributed by atoms with Crippen molar-refractivity contribution in [1.29, 1.82) is 0 Å². The van der Waals surface area contributed by atoms with Crippen LogP contribution in [0.15, 0.2) is 18.3 Å². The predicted octanol–water partition coefficient (Wildman–Crippen LogP) is 3.59. The van der Waals surface area contributed by atoms with E-state index in [9.17, 15) is 0 Å². The van der Waals surface area contributed by atoms with E-state index in [0.29, 0.717) is 6.04 Å². The monoisotopic (exact) mass is 263 g/mol. The zero-order valence-corrected chi connectivity index (χ0v) is 13.3. The third-order valence-electron chi connectivity index (χ3n) is 3.01. The third kappa shape index (κ3) is 5.60. The van der Waals surface area contributed by atoms with Gasteiger partial charge in [-0.3, -0.25) is 0 Å². The number of pyridine rings is 1. The van der Waals surface area contributed by atoms with Gasteiger partial charge in [-0.2, -0.15) is 0 Å². The van der Waals surface area contributed by atoms with Crippen molar-refractivity contribution in [2.45, 2.75) is 66.1 Å². The zero-order valence-electron chi connectivity index (χ0n) is 13.3. The van der Waals surface area contributed by atoms with Crippen LogP contribution in [0.2, 0.25) is 0 Å². The molecule has 0 fully saturated rings. The number of nitrogens with zero attached hydrogens (tertiary/aromatic N) is 2. The van der Waals surface area contributed by atoms with Crippen molar-refractivity contribution in [2.75, 3.05) is 11.4 Å². The van der Waals surface area contributed by atoms with Crippen molar-refractivity contribution >= 4 is 5.82 Å². The molecule has 0 radical (unpaired) electrons. The van der Waals surface area contributed by atoms with Gasteiger partial charge in [0.15, 0.2) is 0 Å². The first-order chi connectivity index (χ1) is 8.83. The second-order valence-corrected chi connectivity index (χ2v) is 6.42. The van der Waals surface area contributed by atoms with Crippen molar-refractivity contribution in [3.8, 4) is 0 Å². The summed E-state index contributed by atoms with van der Waals surface area (Å²) in [5, 5.41) is 3.48. The summed E-state index contributed by atoms with van der Waals surface area (Å²) in [6.07, 6.45) is 3.13. The summed E-state index contributed by atoms with van der Waals surface area (Å²) in [4.78, 5) is 6.95. The molecule has 0 unspecified atom stereocenters. The Hall–Kier alpha value is -1.09. The lowest BCUT2D eigenvalue weighted by Crippen LogP contribution is -2.35. The quantitative estimate of drug-likeness (QED) is 0.850. The van der Waals surface area contributed by atoms with Gasteiger partial charge in [0.05, 0.1) is 0 Å². The molecule has 19 heavy (non-hydrogen) atoms. The van der Waals surface area contributed by atoms with E-state index in [-0.39, 0.29) is 5.54 Å². The van der Waals surface area contributed by atoms with Gasteiger partial charge in [-0.15, -0.1) is 0 Å². The predicted molar refractivity (Wildman–Crippen MR) is 83.6 cm³/mol. The minimum absolute atomic E-state index is 0.144. The zero-order chi connectivity index (χ0) is 14.5. The van der Waals surface area contributed by atoms with Crippen molar-refractivity contribution < 1.29 is 0 Å². The van der Waals surface area contributed by atoms with Crippen molar-refractivity contribution in [3.05, 3.63) is 23.9 Å². The Bertz CT molecular complexity index is 363. The molecule has 0 amide bonds. The number of hydrogen-bond acceptors (Lipinski definition) is 3. The number of anilines is 1. The average Bonchev–Trinajstić information content (AvgIpc) is 2.33. The molecule has 0 saturated heterocycles. The standard InChI is InChI=1S/C16H29N3/c1-7-10-19(13(2)3)15-9-8-14(11-17-15)12-18-16(4,5)6/h8-9,11,13,18H,7,10,12H2,1-6H3. The maximum atomic E-state index is 4.61. The Morgan fingerprint density at radius 2 is 1.95 bits per heavy atom. The van der Waals surface area contributed by atoms with Crippen LogP contribution in [0.1, 0.15) is 53.5 Å². The highest BCUT2D eigenvalue weighted by Crippen LogP contribution is 2.15. The Morgan fingerprint density at radius 3 is 2.37 bits per heavy atom. The molecule has 0 aliphatic rings. The molecule has 1 heterocycles. The van der Waals surface area contributed by atoms with E-state index in [4.69, 9.17) is 0 Å². The van der Waals surface area contributed by atoms with Crippen LogP contribution >= 0.6 is 0 Å². The Morgan fingerprint density at radius 1 is 1.26 bits per heavy atom. The highest BCUT2D eigenvalue weighted by atomic mass is 15.2. The fraction of sp³-hybridized carbons (Fsp3) is 0.688. The molecular weight excluding hydrogens is 234 g/mol. The summed E-state index contributed by atoms with van der Waals surface area (Å²) in [6.45, 7) is 15.1. The second-order valence-electron chi connectivity index (χ2n) is 6.42. The summed E-state index contributed by atoms with van der Waals surface area (Å²) >= 11 is 0. The molecule has 0 atom stereocenters. The molecule has 1 rings (SSSR count). The van der Waals surface area contributed by atoms with E-state index in [1.807, 2.05) is 6.20 Å². The van der Waals surface area contributed by atoms with Gasteiger partial charge < -0.3 is 10.2 Å². The van der Waals surface area contributed by atoms with Crippen LogP contribution in [0.25, 0.3) is 0 Å². The minimum atomic E-state index is 0.144. The van der Waals surface area contributed by atoms with Gasteiger partial charge in [-0.1, -0.05) is 13.0 Å². The molecule has 0 saturated carbocycles. The molecule has 0 aromatic carbocycles. The van der Waals surface area contributed by atoms with Crippen molar-refractivity contribution in [1.82, 2.24) is 10.3 Å². The first kappa shape index (κ1) is 16.0. The van der Waals surface area contributed by atoms with Gasteiger partial charge in [0.1, 0.15) is 5.82 Å². The molecule has 0 aliphatic heterocycles. The van der Waals surface area contributed by atoms with Gasteiger partial charge in [0.25, 0.3) is 0 Å². The van der Waals surface area contributed by atoms with E-state index < -0.39 is 0 Å². The smallest absolute Gasteiger partial charge is 0.128 e.